The van der Waals surface area contributed by atoms with Crippen LogP contribution in [0.25, 0.3) is 11.4 Å². The molecule has 1 heterocycles. The van der Waals surface area contributed by atoms with Gasteiger partial charge in [-0.1, -0.05) is 35.3 Å². The molecule has 3 aromatic rings. The van der Waals surface area contributed by atoms with Crippen LogP contribution in [0.1, 0.15) is 37.0 Å². The zero-order valence-corrected chi connectivity index (χ0v) is 22.2. The van der Waals surface area contributed by atoms with Crippen LogP contribution in [0.4, 0.5) is 5.69 Å². The zero-order chi connectivity index (χ0) is 25.8. The van der Waals surface area contributed by atoms with Gasteiger partial charge in [-0.05, 0) is 58.0 Å². The van der Waals surface area contributed by atoms with E-state index < -0.39 is 16.6 Å². The van der Waals surface area contributed by atoms with Gasteiger partial charge in [-0.3, -0.25) is 9.59 Å². The van der Waals surface area contributed by atoms with Gasteiger partial charge in [0, 0.05) is 34.3 Å². The molecule has 0 aliphatic heterocycles. The number of carboxylic acid groups (broad SMARTS) is 1. The number of carbonyl (C=O) groups excluding carboxylic acids is 1. The first-order valence-corrected chi connectivity index (χ1v) is 12.5. The van der Waals surface area contributed by atoms with E-state index >= 15 is 0 Å². The average Bonchev–Trinajstić information content (AvgIpc) is 3.12. The van der Waals surface area contributed by atoms with Crippen molar-refractivity contribution < 1.29 is 19.4 Å². The van der Waals surface area contributed by atoms with E-state index in [0.717, 1.165) is 10.5 Å². The molecule has 2 N–H and O–H groups in total. The van der Waals surface area contributed by atoms with Gasteiger partial charge in [0.15, 0.2) is 0 Å². The van der Waals surface area contributed by atoms with Crippen LogP contribution in [0.3, 0.4) is 0 Å². The standard InChI is InChI=1S/C25H27Cl2N3O4S/c1-5-34-13-12-30-15(2)21(23(31)28-20-11-8-17(26)14-19(20)27)29-22(30)16-6-9-18(10-7-16)35-25(3,4)24(32)33/h6-11,14H,5,12-13H2,1-4H3,(H,28,31)(H,32,33). The van der Waals surface area contributed by atoms with Gasteiger partial charge in [-0.25, -0.2) is 4.98 Å². The Balaban J connectivity index is 1.93. The summed E-state index contributed by atoms with van der Waals surface area (Å²) in [6, 6.07) is 12.3. The maximum atomic E-state index is 13.1. The summed E-state index contributed by atoms with van der Waals surface area (Å²) in [5, 5.41) is 13.0. The van der Waals surface area contributed by atoms with Crippen LogP contribution in [0.2, 0.25) is 10.0 Å². The molecule has 3 rings (SSSR count). The SMILES string of the molecule is CCOCCn1c(-c2ccc(SC(C)(C)C(=O)O)cc2)nc(C(=O)Nc2ccc(Cl)cc2Cl)c1C. The number of halogens is 2. The van der Waals surface area contributed by atoms with Crippen LogP contribution < -0.4 is 5.32 Å². The largest absolute Gasteiger partial charge is 0.480 e. The summed E-state index contributed by atoms with van der Waals surface area (Å²) in [6.45, 7) is 8.64. The maximum Gasteiger partial charge on any atom is 0.319 e. The van der Waals surface area contributed by atoms with Gasteiger partial charge in [0.1, 0.15) is 16.3 Å². The van der Waals surface area contributed by atoms with Crippen molar-refractivity contribution in [3.63, 3.8) is 0 Å². The van der Waals surface area contributed by atoms with Crippen molar-refractivity contribution in [1.82, 2.24) is 9.55 Å². The third-order valence-electron chi connectivity index (χ3n) is 5.28. The molecule has 0 aliphatic rings. The summed E-state index contributed by atoms with van der Waals surface area (Å²) < 4.78 is 6.52. The summed E-state index contributed by atoms with van der Waals surface area (Å²) in [5.74, 6) is -0.660. The highest BCUT2D eigenvalue weighted by Gasteiger charge is 2.28. The molecule has 0 aliphatic carbocycles. The fraction of sp³-hybridized carbons (Fsp3) is 0.320. The highest BCUT2D eigenvalue weighted by atomic mass is 35.5. The lowest BCUT2D eigenvalue weighted by molar-refractivity contribution is -0.138. The predicted octanol–water partition coefficient (Wildman–Crippen LogP) is 6.41. The number of aliphatic carboxylic acids is 1. The third-order valence-corrected chi connectivity index (χ3v) is 7.02. The minimum absolute atomic E-state index is 0.271. The van der Waals surface area contributed by atoms with Gasteiger partial charge in [0.25, 0.3) is 5.91 Å². The van der Waals surface area contributed by atoms with E-state index in [-0.39, 0.29) is 5.69 Å². The monoisotopic (exact) mass is 535 g/mol. The first-order valence-electron chi connectivity index (χ1n) is 11.0. The third kappa shape index (κ3) is 6.58. The summed E-state index contributed by atoms with van der Waals surface area (Å²) in [7, 11) is 0. The number of hydrogen-bond acceptors (Lipinski definition) is 5. The molecule has 0 atom stereocenters. The van der Waals surface area contributed by atoms with E-state index in [0.29, 0.717) is 47.0 Å². The van der Waals surface area contributed by atoms with Crippen LogP contribution in [-0.4, -0.2) is 44.5 Å². The number of ether oxygens (including phenoxy) is 1. The minimum atomic E-state index is -0.956. The number of aromatic nitrogens is 2. The molecule has 0 saturated carbocycles. The predicted molar refractivity (Wildman–Crippen MR) is 141 cm³/mol. The Bertz CT molecular complexity index is 1230. The lowest BCUT2D eigenvalue weighted by Crippen LogP contribution is -2.26. The molecule has 0 radical (unpaired) electrons. The Morgan fingerprint density at radius 2 is 1.86 bits per heavy atom. The molecule has 7 nitrogen and oxygen atoms in total. The van der Waals surface area contributed by atoms with Crippen molar-refractivity contribution in [3.8, 4) is 11.4 Å². The first-order chi connectivity index (χ1) is 16.5. The second-order valence-electron chi connectivity index (χ2n) is 8.24. The van der Waals surface area contributed by atoms with Gasteiger partial charge in [-0.2, -0.15) is 0 Å². The number of amides is 1. The smallest absolute Gasteiger partial charge is 0.319 e. The van der Waals surface area contributed by atoms with E-state index in [9.17, 15) is 14.7 Å². The van der Waals surface area contributed by atoms with Crippen molar-refractivity contribution in [2.24, 2.45) is 0 Å². The summed E-state index contributed by atoms with van der Waals surface area (Å²) in [4.78, 5) is 30.0. The van der Waals surface area contributed by atoms with E-state index in [1.54, 1.807) is 32.0 Å². The maximum absolute atomic E-state index is 13.1. The van der Waals surface area contributed by atoms with Crippen LogP contribution in [0, 0.1) is 6.92 Å². The molecule has 0 fully saturated rings. The van der Waals surface area contributed by atoms with Crippen molar-refractivity contribution in [2.45, 2.75) is 43.9 Å². The molecule has 1 amide bonds. The number of nitrogens with zero attached hydrogens (tertiary/aromatic N) is 2. The average molecular weight is 536 g/mol. The number of hydrogen-bond donors (Lipinski definition) is 2. The van der Waals surface area contributed by atoms with Crippen molar-refractivity contribution >= 4 is 52.5 Å². The Labute approximate surface area is 218 Å². The van der Waals surface area contributed by atoms with Crippen LogP contribution in [-0.2, 0) is 16.1 Å². The fourth-order valence-corrected chi connectivity index (χ4v) is 4.73. The molecule has 0 bridgehead atoms. The second-order valence-corrected chi connectivity index (χ2v) is 10.8. The Morgan fingerprint density at radius 1 is 1.17 bits per heavy atom. The number of anilines is 1. The minimum Gasteiger partial charge on any atom is -0.480 e. The molecule has 2 aromatic carbocycles. The summed E-state index contributed by atoms with van der Waals surface area (Å²) in [6.07, 6.45) is 0. The van der Waals surface area contributed by atoms with Crippen LogP contribution in [0.5, 0.6) is 0 Å². The van der Waals surface area contributed by atoms with E-state index in [4.69, 9.17) is 27.9 Å². The number of imidazole rings is 1. The lowest BCUT2D eigenvalue weighted by Gasteiger charge is -2.18. The van der Waals surface area contributed by atoms with Crippen molar-refractivity contribution in [3.05, 3.63) is 63.9 Å². The molecule has 0 unspecified atom stereocenters. The fourth-order valence-electron chi connectivity index (χ4n) is 3.33. The van der Waals surface area contributed by atoms with E-state index in [1.807, 2.05) is 42.7 Å². The van der Waals surface area contributed by atoms with Gasteiger partial charge < -0.3 is 19.7 Å². The zero-order valence-electron chi connectivity index (χ0n) is 19.9. The second kappa shape index (κ2) is 11.5. The van der Waals surface area contributed by atoms with E-state index in [1.165, 1.54) is 11.8 Å². The van der Waals surface area contributed by atoms with Crippen LogP contribution >= 0.6 is 35.0 Å². The highest BCUT2D eigenvalue weighted by molar-refractivity contribution is 8.01. The van der Waals surface area contributed by atoms with Gasteiger partial charge >= 0.3 is 5.97 Å². The Kier molecular flexibility index (Phi) is 8.88. The van der Waals surface area contributed by atoms with Gasteiger partial charge in [0.05, 0.1) is 17.3 Å². The van der Waals surface area contributed by atoms with Crippen molar-refractivity contribution in [1.29, 1.82) is 0 Å². The number of nitrogens with one attached hydrogen (secondary N) is 1. The molecular formula is C25H27Cl2N3O4S. The van der Waals surface area contributed by atoms with Crippen molar-refractivity contribution in [2.75, 3.05) is 18.5 Å². The lowest BCUT2D eigenvalue weighted by atomic mass is 10.2. The molecule has 10 heteroatoms. The van der Waals surface area contributed by atoms with Gasteiger partial charge in [-0.15, -0.1) is 11.8 Å². The van der Waals surface area contributed by atoms with E-state index in [2.05, 4.69) is 10.3 Å². The topological polar surface area (TPSA) is 93.4 Å². The number of rotatable bonds is 10. The van der Waals surface area contributed by atoms with Crippen LogP contribution in [0.15, 0.2) is 47.4 Å². The molecule has 1 aromatic heterocycles. The quantitative estimate of drug-likeness (QED) is 0.230. The Hall–Kier alpha value is -2.52. The molecule has 186 valence electrons. The summed E-state index contributed by atoms with van der Waals surface area (Å²) in [5.41, 5.74) is 2.19. The first kappa shape index (κ1) is 27.1. The number of carboxylic acids is 1. The summed E-state index contributed by atoms with van der Waals surface area (Å²) >= 11 is 13.4. The Morgan fingerprint density at radius 3 is 2.46 bits per heavy atom. The highest BCUT2D eigenvalue weighted by Crippen LogP contribution is 2.34. The molecule has 0 saturated heterocycles. The molecule has 0 spiro atoms. The molecular weight excluding hydrogens is 509 g/mol. The van der Waals surface area contributed by atoms with Gasteiger partial charge in [0.2, 0.25) is 0 Å². The normalized spacial score (nSPS) is 11.5. The number of benzene rings is 2. The number of carbonyl (C=O) groups is 2. The molecule has 35 heavy (non-hydrogen) atoms. The number of thioether (sulfide) groups is 1.